The van der Waals surface area contributed by atoms with Crippen molar-refractivity contribution in [3.8, 4) is 0 Å². The first-order valence-corrected chi connectivity index (χ1v) is 5.60. The molecule has 0 atom stereocenters. The molecule has 0 saturated heterocycles. The fourth-order valence-corrected chi connectivity index (χ4v) is 1.25. The zero-order valence-corrected chi connectivity index (χ0v) is 10.3. The van der Waals surface area contributed by atoms with Gasteiger partial charge in [-0.3, -0.25) is 4.79 Å². The number of imidazole rings is 1. The fourth-order valence-electron chi connectivity index (χ4n) is 1.25. The number of nitrogens with one attached hydrogen (secondary N) is 1. The molecule has 0 bridgehead atoms. The number of rotatable bonds is 2. The summed E-state index contributed by atoms with van der Waals surface area (Å²) < 4.78 is 1.74. The van der Waals surface area contributed by atoms with Crippen LogP contribution >= 0.6 is 0 Å². The summed E-state index contributed by atoms with van der Waals surface area (Å²) in [7, 11) is 1.83. The molecule has 2 aromatic rings. The van der Waals surface area contributed by atoms with Crippen LogP contribution in [0, 0.1) is 0 Å². The number of para-hydroxylation sites is 1. The van der Waals surface area contributed by atoms with E-state index in [0.717, 1.165) is 5.69 Å². The van der Waals surface area contributed by atoms with E-state index in [0.29, 0.717) is 5.69 Å². The molecular weight excluding hydrogens is 214 g/mol. The number of carbonyl (C=O) groups is 1. The van der Waals surface area contributed by atoms with Crippen LogP contribution in [0.5, 0.6) is 0 Å². The predicted molar refractivity (Wildman–Crippen MR) is 69.0 cm³/mol. The Morgan fingerprint density at radius 1 is 1.24 bits per heavy atom. The Balaban J connectivity index is 0.000000686. The maximum atomic E-state index is 11.6. The molecule has 0 aliphatic heterocycles. The number of anilines is 1. The highest BCUT2D eigenvalue weighted by atomic mass is 16.1. The van der Waals surface area contributed by atoms with Crippen molar-refractivity contribution in [2.45, 2.75) is 13.8 Å². The van der Waals surface area contributed by atoms with Gasteiger partial charge in [-0.1, -0.05) is 32.0 Å². The lowest BCUT2D eigenvalue weighted by molar-refractivity contribution is 0.102. The minimum absolute atomic E-state index is 0.193. The van der Waals surface area contributed by atoms with Gasteiger partial charge in [0, 0.05) is 18.9 Å². The molecule has 0 radical (unpaired) electrons. The third kappa shape index (κ3) is 3.75. The summed E-state index contributed by atoms with van der Waals surface area (Å²) in [5.41, 5.74) is 1.19. The first kappa shape index (κ1) is 13.0. The van der Waals surface area contributed by atoms with Gasteiger partial charge < -0.3 is 9.88 Å². The smallest absolute Gasteiger partial charge is 0.275 e. The number of carbonyl (C=O) groups excluding carboxylic acids is 1. The summed E-state index contributed by atoms with van der Waals surface area (Å²) in [6.07, 6.45) is 3.28. The van der Waals surface area contributed by atoms with Crippen LogP contribution in [-0.4, -0.2) is 15.5 Å². The molecule has 2 rings (SSSR count). The molecule has 0 unspecified atom stereocenters. The Labute approximate surface area is 101 Å². The number of nitrogens with zero attached hydrogens (tertiary/aromatic N) is 2. The second kappa shape index (κ2) is 6.48. The minimum Gasteiger partial charge on any atom is -0.340 e. The van der Waals surface area contributed by atoms with Gasteiger partial charge in [-0.25, -0.2) is 4.98 Å². The third-order valence-electron chi connectivity index (χ3n) is 1.97. The fraction of sp³-hybridized carbons (Fsp3) is 0.231. The summed E-state index contributed by atoms with van der Waals surface area (Å²) in [6.45, 7) is 4.00. The second-order valence-corrected chi connectivity index (χ2v) is 3.24. The van der Waals surface area contributed by atoms with Crippen molar-refractivity contribution in [3.63, 3.8) is 0 Å². The van der Waals surface area contributed by atoms with E-state index in [1.807, 2.05) is 51.2 Å². The number of hydrogen-bond donors (Lipinski definition) is 1. The third-order valence-corrected chi connectivity index (χ3v) is 1.97. The van der Waals surface area contributed by atoms with Crippen LogP contribution < -0.4 is 5.32 Å². The Kier molecular flexibility index (Phi) is 4.94. The summed E-state index contributed by atoms with van der Waals surface area (Å²) in [6, 6.07) is 9.31. The molecule has 0 aliphatic carbocycles. The summed E-state index contributed by atoms with van der Waals surface area (Å²) in [5.74, 6) is -0.193. The Bertz CT molecular complexity index is 463. The number of amides is 1. The summed E-state index contributed by atoms with van der Waals surface area (Å²) in [4.78, 5) is 15.6. The molecule has 90 valence electrons. The predicted octanol–water partition coefficient (Wildman–Crippen LogP) is 2.70. The molecule has 0 aliphatic rings. The molecule has 0 fully saturated rings. The Morgan fingerprint density at radius 3 is 2.41 bits per heavy atom. The number of aromatic nitrogens is 2. The molecule has 1 aromatic carbocycles. The van der Waals surface area contributed by atoms with Gasteiger partial charge in [0.25, 0.3) is 5.91 Å². The van der Waals surface area contributed by atoms with Crippen molar-refractivity contribution in [2.24, 2.45) is 7.05 Å². The summed E-state index contributed by atoms with van der Waals surface area (Å²) in [5, 5.41) is 2.76. The topological polar surface area (TPSA) is 46.9 Å². The van der Waals surface area contributed by atoms with Crippen LogP contribution in [0.4, 0.5) is 5.69 Å². The molecule has 1 N–H and O–H groups in total. The lowest BCUT2D eigenvalue weighted by Crippen LogP contribution is -2.12. The molecule has 1 aromatic heterocycles. The number of benzene rings is 1. The number of aryl methyl sites for hydroxylation is 1. The standard InChI is InChI=1S/C11H11N3O.C2H6/c1-14-7-10(12-8-14)11(15)13-9-5-3-2-4-6-9;1-2/h2-8H,1H3,(H,13,15);1-2H3. The van der Waals surface area contributed by atoms with Gasteiger partial charge in [-0.2, -0.15) is 0 Å². The van der Waals surface area contributed by atoms with E-state index in [4.69, 9.17) is 0 Å². The lowest BCUT2D eigenvalue weighted by atomic mass is 10.3. The van der Waals surface area contributed by atoms with E-state index in [1.165, 1.54) is 0 Å². The van der Waals surface area contributed by atoms with Crippen LogP contribution in [0.1, 0.15) is 24.3 Å². The van der Waals surface area contributed by atoms with Gasteiger partial charge in [0.05, 0.1) is 6.33 Å². The van der Waals surface area contributed by atoms with Crippen molar-refractivity contribution in [3.05, 3.63) is 48.5 Å². The maximum absolute atomic E-state index is 11.6. The Morgan fingerprint density at radius 2 is 1.88 bits per heavy atom. The molecule has 1 amide bonds. The van der Waals surface area contributed by atoms with Gasteiger partial charge in [-0.15, -0.1) is 0 Å². The van der Waals surface area contributed by atoms with Crippen LogP contribution in [0.3, 0.4) is 0 Å². The van der Waals surface area contributed by atoms with E-state index in [9.17, 15) is 4.79 Å². The van der Waals surface area contributed by atoms with Crippen molar-refractivity contribution < 1.29 is 4.79 Å². The van der Waals surface area contributed by atoms with Crippen molar-refractivity contribution in [1.82, 2.24) is 9.55 Å². The van der Waals surface area contributed by atoms with Crippen molar-refractivity contribution in [1.29, 1.82) is 0 Å². The van der Waals surface area contributed by atoms with E-state index in [1.54, 1.807) is 17.1 Å². The van der Waals surface area contributed by atoms with Gasteiger partial charge in [0.1, 0.15) is 5.69 Å². The largest absolute Gasteiger partial charge is 0.340 e. The van der Waals surface area contributed by atoms with Crippen LogP contribution in [0.2, 0.25) is 0 Å². The van der Waals surface area contributed by atoms with Gasteiger partial charge in [0.2, 0.25) is 0 Å². The minimum atomic E-state index is -0.193. The quantitative estimate of drug-likeness (QED) is 0.863. The monoisotopic (exact) mass is 231 g/mol. The first-order chi connectivity index (χ1) is 8.25. The highest BCUT2D eigenvalue weighted by Gasteiger charge is 2.07. The molecule has 4 nitrogen and oxygen atoms in total. The van der Waals surface area contributed by atoms with Gasteiger partial charge >= 0.3 is 0 Å². The first-order valence-electron chi connectivity index (χ1n) is 5.60. The van der Waals surface area contributed by atoms with Crippen LogP contribution in [0.25, 0.3) is 0 Å². The SMILES string of the molecule is CC.Cn1cnc(C(=O)Nc2ccccc2)c1. The van der Waals surface area contributed by atoms with Crippen LogP contribution in [-0.2, 0) is 7.05 Å². The number of hydrogen-bond acceptors (Lipinski definition) is 2. The molecular formula is C13H17N3O. The average molecular weight is 231 g/mol. The van der Waals surface area contributed by atoms with E-state index >= 15 is 0 Å². The van der Waals surface area contributed by atoms with E-state index in [2.05, 4.69) is 10.3 Å². The molecule has 0 spiro atoms. The summed E-state index contributed by atoms with van der Waals surface area (Å²) >= 11 is 0. The van der Waals surface area contributed by atoms with Gasteiger partial charge in [-0.05, 0) is 12.1 Å². The highest BCUT2D eigenvalue weighted by molar-refractivity contribution is 6.02. The highest BCUT2D eigenvalue weighted by Crippen LogP contribution is 2.06. The zero-order valence-electron chi connectivity index (χ0n) is 10.3. The maximum Gasteiger partial charge on any atom is 0.275 e. The van der Waals surface area contributed by atoms with E-state index in [-0.39, 0.29) is 5.91 Å². The van der Waals surface area contributed by atoms with Gasteiger partial charge in [0.15, 0.2) is 0 Å². The molecule has 17 heavy (non-hydrogen) atoms. The molecule has 1 heterocycles. The van der Waals surface area contributed by atoms with E-state index < -0.39 is 0 Å². The lowest BCUT2D eigenvalue weighted by Gasteiger charge is -2.01. The molecule has 4 heteroatoms. The Hall–Kier alpha value is -2.10. The van der Waals surface area contributed by atoms with Crippen molar-refractivity contribution >= 4 is 11.6 Å². The molecule has 0 saturated carbocycles. The van der Waals surface area contributed by atoms with Crippen LogP contribution in [0.15, 0.2) is 42.9 Å². The average Bonchev–Trinajstić information content (AvgIpc) is 2.80. The second-order valence-electron chi connectivity index (χ2n) is 3.24. The van der Waals surface area contributed by atoms with Crippen molar-refractivity contribution in [2.75, 3.05) is 5.32 Å². The normalized spacial score (nSPS) is 9.12. The zero-order chi connectivity index (χ0) is 12.7.